The van der Waals surface area contributed by atoms with Crippen LogP contribution in [0, 0.1) is 10.1 Å². The van der Waals surface area contributed by atoms with Crippen molar-refractivity contribution in [2.24, 2.45) is 5.73 Å². The number of benzene rings is 1. The third kappa shape index (κ3) is 2.26. The molecule has 4 nitrogen and oxygen atoms in total. The van der Waals surface area contributed by atoms with Crippen LogP contribution in [0.15, 0.2) is 21.1 Å². The molecule has 0 heterocycles. The second-order valence-electron chi connectivity index (χ2n) is 2.37. The van der Waals surface area contributed by atoms with Gasteiger partial charge in [0.05, 0.1) is 13.9 Å². The molecule has 1 aromatic carbocycles. The maximum atomic E-state index is 10.6. The molecule has 0 aromatic heterocycles. The van der Waals surface area contributed by atoms with E-state index in [4.69, 9.17) is 5.73 Å². The minimum atomic E-state index is -0.450. The van der Waals surface area contributed by atoms with E-state index in [0.717, 1.165) is 5.56 Å². The summed E-state index contributed by atoms with van der Waals surface area (Å²) in [6, 6.07) is 3.28. The highest BCUT2D eigenvalue weighted by Gasteiger charge is 2.17. The van der Waals surface area contributed by atoms with Crippen LogP contribution in [0.25, 0.3) is 0 Å². The molecule has 0 unspecified atom stereocenters. The number of nitrogens with two attached hydrogens (primary N) is 1. The fraction of sp³-hybridized carbons (Fsp3) is 0.143. The van der Waals surface area contributed by atoms with Crippen LogP contribution < -0.4 is 5.73 Å². The average Bonchev–Trinajstić information content (AvgIpc) is 2.02. The van der Waals surface area contributed by atoms with Gasteiger partial charge in [-0.1, -0.05) is 0 Å². The van der Waals surface area contributed by atoms with E-state index in [-0.39, 0.29) is 5.69 Å². The van der Waals surface area contributed by atoms with Gasteiger partial charge in [-0.15, -0.1) is 0 Å². The Kier molecular flexibility index (Phi) is 3.40. The third-order valence-corrected chi connectivity index (χ3v) is 2.70. The standard InChI is InChI=1S/C7H6Br2N2O2/c8-5-1-4(3-10)2-6(9)7(5)11(12)13/h1-2H,3,10H2. The highest BCUT2D eigenvalue weighted by Crippen LogP contribution is 2.33. The van der Waals surface area contributed by atoms with Crippen LogP contribution in [0.5, 0.6) is 0 Å². The molecule has 0 aliphatic rings. The number of nitrogens with zero attached hydrogens (tertiary/aromatic N) is 1. The summed E-state index contributed by atoms with van der Waals surface area (Å²) in [7, 11) is 0. The zero-order chi connectivity index (χ0) is 10.0. The third-order valence-electron chi connectivity index (χ3n) is 1.49. The summed E-state index contributed by atoms with van der Waals surface area (Å²) in [4.78, 5) is 10.1. The fourth-order valence-corrected chi connectivity index (χ4v) is 2.48. The van der Waals surface area contributed by atoms with Gasteiger partial charge in [0.1, 0.15) is 0 Å². The normalized spacial score (nSPS) is 10.1. The van der Waals surface area contributed by atoms with Crippen molar-refractivity contribution in [3.8, 4) is 0 Å². The summed E-state index contributed by atoms with van der Waals surface area (Å²) in [5.74, 6) is 0. The first-order valence-corrected chi connectivity index (χ1v) is 4.97. The minimum absolute atomic E-state index is 0.0252. The molecule has 0 aliphatic heterocycles. The Balaban J connectivity index is 3.31. The second kappa shape index (κ2) is 4.17. The molecule has 0 fully saturated rings. The van der Waals surface area contributed by atoms with E-state index in [2.05, 4.69) is 31.9 Å². The highest BCUT2D eigenvalue weighted by molar-refractivity contribution is 9.11. The Morgan fingerprint density at radius 1 is 1.38 bits per heavy atom. The van der Waals surface area contributed by atoms with Gasteiger partial charge in [0.15, 0.2) is 0 Å². The number of hydrogen-bond donors (Lipinski definition) is 1. The molecule has 0 spiro atoms. The topological polar surface area (TPSA) is 69.2 Å². The average molecular weight is 310 g/mol. The van der Waals surface area contributed by atoms with Crippen LogP contribution in [0.3, 0.4) is 0 Å². The van der Waals surface area contributed by atoms with Gasteiger partial charge in [-0.05, 0) is 49.6 Å². The summed E-state index contributed by atoms with van der Waals surface area (Å²) >= 11 is 6.22. The molecule has 1 aromatic rings. The summed E-state index contributed by atoms with van der Waals surface area (Å²) in [5.41, 5.74) is 6.26. The van der Waals surface area contributed by atoms with Crippen molar-refractivity contribution < 1.29 is 4.92 Å². The van der Waals surface area contributed by atoms with Gasteiger partial charge < -0.3 is 5.73 Å². The van der Waals surface area contributed by atoms with Crippen LogP contribution in [0.1, 0.15) is 5.56 Å². The van der Waals surface area contributed by atoms with Gasteiger partial charge >= 0.3 is 0 Å². The predicted octanol–water partition coefficient (Wildman–Crippen LogP) is 2.58. The molecule has 0 saturated heterocycles. The number of rotatable bonds is 2. The van der Waals surface area contributed by atoms with Gasteiger partial charge in [0, 0.05) is 6.54 Å². The number of nitro benzene ring substituents is 1. The van der Waals surface area contributed by atoms with Crippen LogP contribution >= 0.6 is 31.9 Å². The molecule has 13 heavy (non-hydrogen) atoms. The Hall–Kier alpha value is -0.460. The quantitative estimate of drug-likeness (QED) is 0.674. The summed E-state index contributed by atoms with van der Waals surface area (Å²) < 4.78 is 0.875. The van der Waals surface area contributed by atoms with Gasteiger partial charge in [0.2, 0.25) is 0 Å². The fourth-order valence-electron chi connectivity index (χ4n) is 0.910. The van der Waals surface area contributed by atoms with Crippen molar-refractivity contribution in [1.82, 2.24) is 0 Å². The first-order valence-electron chi connectivity index (χ1n) is 3.38. The Morgan fingerprint density at radius 3 is 2.15 bits per heavy atom. The van der Waals surface area contributed by atoms with E-state index in [1.807, 2.05) is 0 Å². The molecule has 70 valence electrons. The maximum absolute atomic E-state index is 10.6. The number of hydrogen-bond acceptors (Lipinski definition) is 3. The zero-order valence-corrected chi connectivity index (χ0v) is 9.63. The lowest BCUT2D eigenvalue weighted by molar-refractivity contribution is -0.386. The summed E-state index contributed by atoms with van der Waals surface area (Å²) in [6.45, 7) is 0.356. The van der Waals surface area contributed by atoms with Crippen LogP contribution in [0.4, 0.5) is 5.69 Å². The predicted molar refractivity (Wildman–Crippen MR) is 56.4 cm³/mol. The van der Waals surface area contributed by atoms with Crippen LogP contribution in [-0.2, 0) is 6.54 Å². The van der Waals surface area contributed by atoms with Crippen molar-refractivity contribution in [1.29, 1.82) is 0 Å². The maximum Gasteiger partial charge on any atom is 0.297 e. The van der Waals surface area contributed by atoms with E-state index in [0.29, 0.717) is 15.5 Å². The largest absolute Gasteiger partial charge is 0.326 e. The number of nitro groups is 1. The van der Waals surface area contributed by atoms with E-state index in [1.165, 1.54) is 0 Å². The van der Waals surface area contributed by atoms with Crippen molar-refractivity contribution in [3.63, 3.8) is 0 Å². The smallest absolute Gasteiger partial charge is 0.297 e. The lowest BCUT2D eigenvalue weighted by atomic mass is 10.2. The molecular weight excluding hydrogens is 304 g/mol. The first-order chi connectivity index (χ1) is 6.06. The van der Waals surface area contributed by atoms with Gasteiger partial charge in [0.25, 0.3) is 5.69 Å². The van der Waals surface area contributed by atoms with E-state index >= 15 is 0 Å². The lowest BCUT2D eigenvalue weighted by Crippen LogP contribution is -1.98. The molecule has 0 amide bonds. The molecule has 1 rings (SSSR count). The molecular formula is C7H6Br2N2O2. The van der Waals surface area contributed by atoms with Crippen molar-refractivity contribution in [2.45, 2.75) is 6.54 Å². The van der Waals surface area contributed by atoms with Crippen molar-refractivity contribution in [3.05, 3.63) is 36.8 Å². The summed E-state index contributed by atoms with van der Waals surface area (Å²) in [5, 5.41) is 10.6. The molecule has 0 aliphatic carbocycles. The van der Waals surface area contributed by atoms with Gasteiger partial charge in [-0.2, -0.15) is 0 Å². The van der Waals surface area contributed by atoms with E-state index in [1.54, 1.807) is 12.1 Å². The Labute approximate surface area is 91.5 Å². The molecule has 0 radical (unpaired) electrons. The zero-order valence-electron chi connectivity index (χ0n) is 6.46. The molecule has 2 N–H and O–H groups in total. The second-order valence-corrected chi connectivity index (χ2v) is 4.08. The monoisotopic (exact) mass is 308 g/mol. The van der Waals surface area contributed by atoms with Crippen molar-refractivity contribution in [2.75, 3.05) is 0 Å². The van der Waals surface area contributed by atoms with Crippen molar-refractivity contribution >= 4 is 37.5 Å². The number of halogens is 2. The molecule has 0 bridgehead atoms. The molecule has 0 saturated carbocycles. The highest BCUT2D eigenvalue weighted by atomic mass is 79.9. The molecule has 0 atom stereocenters. The van der Waals surface area contributed by atoms with E-state index < -0.39 is 4.92 Å². The minimum Gasteiger partial charge on any atom is -0.326 e. The van der Waals surface area contributed by atoms with Gasteiger partial charge in [-0.25, -0.2) is 0 Å². The van der Waals surface area contributed by atoms with E-state index in [9.17, 15) is 10.1 Å². The van der Waals surface area contributed by atoms with Gasteiger partial charge in [-0.3, -0.25) is 10.1 Å². The Morgan fingerprint density at radius 2 is 1.85 bits per heavy atom. The lowest BCUT2D eigenvalue weighted by Gasteiger charge is -2.01. The Bertz CT molecular complexity index is 331. The first kappa shape index (κ1) is 10.6. The SMILES string of the molecule is NCc1cc(Br)c([N+](=O)[O-])c(Br)c1. The van der Waals surface area contributed by atoms with Crippen LogP contribution in [0.2, 0.25) is 0 Å². The summed E-state index contributed by atoms with van der Waals surface area (Å²) in [6.07, 6.45) is 0. The molecule has 6 heteroatoms. The van der Waals surface area contributed by atoms with Crippen LogP contribution in [-0.4, -0.2) is 4.92 Å².